The second-order valence-electron chi connectivity index (χ2n) is 6.75. The number of nitrogens with zero attached hydrogens (tertiary/aromatic N) is 4. The van der Waals surface area contributed by atoms with Crippen LogP contribution in [-0.4, -0.2) is 59.0 Å². The third-order valence-corrected chi connectivity index (χ3v) is 5.40. The SMILES string of the molecule is O=C(Cc1csc(NC(=O)N2CCN(c3ccccn3)CC2)n1)NC1CC1. The Kier molecular flexibility index (Phi) is 5.19. The molecule has 2 aromatic heterocycles. The summed E-state index contributed by atoms with van der Waals surface area (Å²) in [6.45, 7) is 2.75. The number of carbonyl (C=O) groups excluding carboxylic acids is 2. The second-order valence-corrected chi connectivity index (χ2v) is 7.61. The summed E-state index contributed by atoms with van der Waals surface area (Å²) in [5.41, 5.74) is 0.688. The standard InChI is InChI=1S/C18H22N6O2S/c25-16(20-13-4-5-13)11-14-12-27-17(21-14)22-18(26)24-9-7-23(8-10-24)15-3-1-2-6-19-15/h1-3,6,12-13H,4-5,7-11H2,(H,20,25)(H,21,22,26). The maximum Gasteiger partial charge on any atom is 0.323 e. The quantitative estimate of drug-likeness (QED) is 0.817. The van der Waals surface area contributed by atoms with Crippen LogP contribution in [0.15, 0.2) is 29.8 Å². The number of aromatic nitrogens is 2. The molecule has 0 aromatic carbocycles. The van der Waals surface area contributed by atoms with E-state index in [4.69, 9.17) is 0 Å². The predicted molar refractivity (Wildman–Crippen MR) is 104 cm³/mol. The van der Waals surface area contributed by atoms with Gasteiger partial charge in [0, 0.05) is 43.8 Å². The van der Waals surface area contributed by atoms with Crippen molar-refractivity contribution in [2.24, 2.45) is 0 Å². The Hall–Kier alpha value is -2.68. The summed E-state index contributed by atoms with van der Waals surface area (Å²) in [7, 11) is 0. The number of carbonyl (C=O) groups is 2. The zero-order valence-corrected chi connectivity index (χ0v) is 15.7. The number of hydrogen-bond donors (Lipinski definition) is 2. The minimum Gasteiger partial charge on any atom is -0.353 e. The van der Waals surface area contributed by atoms with Crippen LogP contribution in [0.4, 0.5) is 15.7 Å². The normalized spacial score (nSPS) is 16.9. The predicted octanol–water partition coefficient (Wildman–Crippen LogP) is 1.71. The highest BCUT2D eigenvalue weighted by molar-refractivity contribution is 7.13. The molecule has 8 nitrogen and oxygen atoms in total. The first-order valence-corrected chi connectivity index (χ1v) is 10.0. The summed E-state index contributed by atoms with van der Waals surface area (Å²) >= 11 is 1.35. The third kappa shape index (κ3) is 4.73. The summed E-state index contributed by atoms with van der Waals surface area (Å²) in [6, 6.07) is 6.03. The highest BCUT2D eigenvalue weighted by Crippen LogP contribution is 2.20. The number of pyridine rings is 1. The number of hydrogen-bond acceptors (Lipinski definition) is 6. The Labute approximate surface area is 161 Å². The van der Waals surface area contributed by atoms with Gasteiger partial charge in [0.1, 0.15) is 5.82 Å². The van der Waals surface area contributed by atoms with Gasteiger partial charge in [-0.05, 0) is 25.0 Å². The lowest BCUT2D eigenvalue weighted by molar-refractivity contribution is -0.120. The molecule has 1 aliphatic heterocycles. The van der Waals surface area contributed by atoms with Crippen molar-refractivity contribution in [2.45, 2.75) is 25.3 Å². The van der Waals surface area contributed by atoms with Crippen LogP contribution in [0.25, 0.3) is 0 Å². The Morgan fingerprint density at radius 1 is 1.19 bits per heavy atom. The first kappa shape index (κ1) is 17.7. The minimum atomic E-state index is -0.154. The summed E-state index contributed by atoms with van der Waals surface area (Å²) in [5.74, 6) is 0.929. The van der Waals surface area contributed by atoms with E-state index in [2.05, 4.69) is 25.5 Å². The van der Waals surface area contributed by atoms with Gasteiger partial charge >= 0.3 is 6.03 Å². The van der Waals surface area contributed by atoms with Gasteiger partial charge in [0.25, 0.3) is 0 Å². The molecule has 9 heteroatoms. The topological polar surface area (TPSA) is 90.5 Å². The van der Waals surface area contributed by atoms with Crippen LogP contribution in [0.2, 0.25) is 0 Å². The van der Waals surface area contributed by atoms with Crippen LogP contribution in [0.1, 0.15) is 18.5 Å². The number of amides is 3. The van der Waals surface area contributed by atoms with Crippen molar-refractivity contribution in [2.75, 3.05) is 36.4 Å². The fourth-order valence-corrected chi connectivity index (χ4v) is 3.67. The number of piperazine rings is 1. The maximum atomic E-state index is 12.5. The number of anilines is 2. The Balaban J connectivity index is 1.25. The molecule has 0 spiro atoms. The van der Waals surface area contributed by atoms with Gasteiger partial charge in [-0.3, -0.25) is 10.1 Å². The molecule has 2 N–H and O–H groups in total. The van der Waals surface area contributed by atoms with Gasteiger partial charge in [0.15, 0.2) is 5.13 Å². The lowest BCUT2D eigenvalue weighted by Gasteiger charge is -2.35. The van der Waals surface area contributed by atoms with Gasteiger partial charge in [-0.1, -0.05) is 6.07 Å². The number of urea groups is 1. The Bertz CT molecular complexity index is 799. The molecule has 0 radical (unpaired) electrons. The number of nitrogens with one attached hydrogen (secondary N) is 2. The molecule has 1 aliphatic carbocycles. The first-order chi connectivity index (χ1) is 13.2. The van der Waals surface area contributed by atoms with Crippen LogP contribution in [0, 0.1) is 0 Å². The molecule has 0 unspecified atom stereocenters. The largest absolute Gasteiger partial charge is 0.353 e. The summed E-state index contributed by atoms with van der Waals surface area (Å²) in [4.78, 5) is 37.0. The van der Waals surface area contributed by atoms with Crippen molar-refractivity contribution in [3.8, 4) is 0 Å². The fraction of sp³-hybridized carbons (Fsp3) is 0.444. The molecule has 142 valence electrons. The van der Waals surface area contributed by atoms with E-state index in [-0.39, 0.29) is 18.4 Å². The van der Waals surface area contributed by atoms with E-state index in [0.717, 1.165) is 31.7 Å². The van der Waals surface area contributed by atoms with E-state index in [9.17, 15) is 9.59 Å². The highest BCUT2D eigenvalue weighted by Gasteiger charge is 2.24. The van der Waals surface area contributed by atoms with Gasteiger partial charge in [0.2, 0.25) is 5.91 Å². The van der Waals surface area contributed by atoms with Crippen molar-refractivity contribution in [3.05, 3.63) is 35.5 Å². The number of thiazole rings is 1. The van der Waals surface area contributed by atoms with Crippen LogP contribution in [0.5, 0.6) is 0 Å². The van der Waals surface area contributed by atoms with Gasteiger partial charge in [-0.15, -0.1) is 11.3 Å². The molecule has 3 heterocycles. The van der Waals surface area contributed by atoms with Gasteiger partial charge in [0.05, 0.1) is 12.1 Å². The highest BCUT2D eigenvalue weighted by atomic mass is 32.1. The van der Waals surface area contributed by atoms with E-state index >= 15 is 0 Å². The molecule has 0 bridgehead atoms. The van der Waals surface area contributed by atoms with E-state index < -0.39 is 0 Å². The lowest BCUT2D eigenvalue weighted by Crippen LogP contribution is -2.50. The molecule has 2 aliphatic rings. The molecule has 4 rings (SSSR count). The molecule has 2 fully saturated rings. The fourth-order valence-electron chi connectivity index (χ4n) is 2.97. The van der Waals surface area contributed by atoms with Gasteiger partial charge < -0.3 is 15.1 Å². The molecule has 3 amide bonds. The maximum absolute atomic E-state index is 12.5. The van der Waals surface area contributed by atoms with Crippen molar-refractivity contribution in [1.29, 1.82) is 0 Å². The molecular weight excluding hydrogens is 364 g/mol. The summed E-state index contributed by atoms with van der Waals surface area (Å²) in [6.07, 6.45) is 4.17. The lowest BCUT2D eigenvalue weighted by atomic mass is 10.3. The first-order valence-electron chi connectivity index (χ1n) is 9.13. The summed E-state index contributed by atoms with van der Waals surface area (Å²) in [5, 5.41) is 8.13. The van der Waals surface area contributed by atoms with Gasteiger partial charge in [-0.25, -0.2) is 14.8 Å². The van der Waals surface area contributed by atoms with Crippen LogP contribution >= 0.6 is 11.3 Å². The zero-order valence-electron chi connectivity index (χ0n) is 14.9. The van der Waals surface area contributed by atoms with E-state index in [1.54, 1.807) is 11.1 Å². The minimum absolute atomic E-state index is 0.00804. The molecule has 1 saturated carbocycles. The van der Waals surface area contributed by atoms with Crippen LogP contribution < -0.4 is 15.5 Å². The molecule has 27 heavy (non-hydrogen) atoms. The van der Waals surface area contributed by atoms with Gasteiger partial charge in [-0.2, -0.15) is 0 Å². The van der Waals surface area contributed by atoms with E-state index in [1.807, 2.05) is 23.6 Å². The summed E-state index contributed by atoms with van der Waals surface area (Å²) < 4.78 is 0. The van der Waals surface area contributed by atoms with E-state index in [0.29, 0.717) is 30.0 Å². The zero-order chi connectivity index (χ0) is 18.6. The molecule has 1 saturated heterocycles. The van der Waals surface area contributed by atoms with Crippen LogP contribution in [-0.2, 0) is 11.2 Å². The average Bonchev–Trinajstić information content (AvgIpc) is 3.40. The molecule has 2 aromatic rings. The Morgan fingerprint density at radius 2 is 2.00 bits per heavy atom. The molecular formula is C18H22N6O2S. The van der Waals surface area contributed by atoms with Crippen molar-refractivity contribution >= 4 is 34.2 Å². The monoisotopic (exact) mass is 386 g/mol. The molecule has 0 atom stereocenters. The van der Waals surface area contributed by atoms with Crippen molar-refractivity contribution in [3.63, 3.8) is 0 Å². The second kappa shape index (κ2) is 7.91. The number of rotatable bonds is 5. The van der Waals surface area contributed by atoms with Crippen molar-refractivity contribution in [1.82, 2.24) is 20.2 Å². The van der Waals surface area contributed by atoms with Crippen LogP contribution in [0.3, 0.4) is 0 Å². The Morgan fingerprint density at radius 3 is 2.70 bits per heavy atom. The smallest absolute Gasteiger partial charge is 0.323 e. The average molecular weight is 386 g/mol. The third-order valence-electron chi connectivity index (χ3n) is 4.59. The van der Waals surface area contributed by atoms with Crippen molar-refractivity contribution < 1.29 is 9.59 Å². The van der Waals surface area contributed by atoms with E-state index in [1.165, 1.54) is 11.3 Å².